The quantitative estimate of drug-likeness (QED) is 0.705. The predicted molar refractivity (Wildman–Crippen MR) is 87.1 cm³/mol. The first-order chi connectivity index (χ1) is 10.2. The molecular weight excluding hydrogens is 262 g/mol. The monoisotopic (exact) mass is 283 g/mol. The van der Waals surface area contributed by atoms with Crippen molar-refractivity contribution >= 4 is 27.6 Å². The molecule has 0 atom stereocenters. The number of fused-ring (bicyclic) bond motifs is 3. The van der Waals surface area contributed by atoms with Crippen molar-refractivity contribution in [3.8, 4) is 0 Å². The Morgan fingerprint density at radius 1 is 1.24 bits per heavy atom. The van der Waals surface area contributed by atoms with E-state index in [4.69, 9.17) is 11.5 Å². The first-order valence-electron chi connectivity index (χ1n) is 7.49. The van der Waals surface area contributed by atoms with Crippen LogP contribution in [0.1, 0.15) is 25.3 Å². The Morgan fingerprint density at radius 2 is 2.10 bits per heavy atom. The highest BCUT2D eigenvalue weighted by atomic mass is 15.3. The molecule has 21 heavy (non-hydrogen) atoms. The molecule has 0 aliphatic carbocycles. The van der Waals surface area contributed by atoms with Crippen LogP contribution in [0, 0.1) is 0 Å². The van der Waals surface area contributed by atoms with Gasteiger partial charge in [0.2, 0.25) is 0 Å². The van der Waals surface area contributed by atoms with E-state index in [-0.39, 0.29) is 0 Å². The summed E-state index contributed by atoms with van der Waals surface area (Å²) < 4.78 is 1.92. The van der Waals surface area contributed by atoms with Crippen LogP contribution in [0.25, 0.3) is 21.8 Å². The van der Waals surface area contributed by atoms with Gasteiger partial charge in [-0.15, -0.1) is 0 Å². The number of hydrogen-bond acceptors (Lipinski definition) is 4. The number of hydrogen-bond donors (Lipinski definition) is 2. The number of nitrogen functional groups attached to an aromatic ring is 1. The molecule has 0 aliphatic rings. The Hall–Kier alpha value is -2.14. The maximum absolute atomic E-state index is 6.06. The van der Waals surface area contributed by atoms with Crippen molar-refractivity contribution in [2.45, 2.75) is 32.7 Å². The SMILES string of the molecule is CCn1cc2c(n1)c(N)nc1cccc(CCCCN)c12. The summed E-state index contributed by atoms with van der Waals surface area (Å²) in [4.78, 5) is 4.52. The predicted octanol–water partition coefficient (Wildman–Crippen LogP) is 2.47. The summed E-state index contributed by atoms with van der Waals surface area (Å²) in [6.45, 7) is 3.63. The van der Waals surface area contributed by atoms with E-state index in [0.29, 0.717) is 5.82 Å². The summed E-state index contributed by atoms with van der Waals surface area (Å²) in [6, 6.07) is 6.23. The minimum Gasteiger partial charge on any atom is -0.382 e. The van der Waals surface area contributed by atoms with E-state index in [0.717, 1.165) is 48.8 Å². The fourth-order valence-corrected chi connectivity index (χ4v) is 2.80. The first-order valence-corrected chi connectivity index (χ1v) is 7.49. The average molecular weight is 283 g/mol. The Labute approximate surface area is 123 Å². The van der Waals surface area contributed by atoms with Gasteiger partial charge in [0, 0.05) is 23.5 Å². The van der Waals surface area contributed by atoms with E-state index in [1.165, 1.54) is 10.9 Å². The molecule has 0 saturated carbocycles. The molecule has 0 bridgehead atoms. The molecule has 3 rings (SSSR count). The molecule has 2 aromatic heterocycles. The van der Waals surface area contributed by atoms with Crippen LogP contribution >= 0.6 is 0 Å². The molecule has 0 amide bonds. The van der Waals surface area contributed by atoms with E-state index in [1.807, 2.05) is 16.8 Å². The topological polar surface area (TPSA) is 82.8 Å². The van der Waals surface area contributed by atoms with Crippen molar-refractivity contribution in [1.29, 1.82) is 0 Å². The third-order valence-electron chi connectivity index (χ3n) is 3.87. The lowest BCUT2D eigenvalue weighted by Crippen LogP contribution is -2.00. The number of unbranched alkanes of at least 4 members (excludes halogenated alkanes) is 1. The number of pyridine rings is 1. The second-order valence-electron chi connectivity index (χ2n) is 5.30. The van der Waals surface area contributed by atoms with E-state index in [1.54, 1.807) is 0 Å². The van der Waals surface area contributed by atoms with Gasteiger partial charge in [-0.1, -0.05) is 12.1 Å². The van der Waals surface area contributed by atoms with Crippen molar-refractivity contribution in [1.82, 2.24) is 14.8 Å². The lowest BCUT2D eigenvalue weighted by atomic mass is 10.0. The highest BCUT2D eigenvalue weighted by Gasteiger charge is 2.13. The summed E-state index contributed by atoms with van der Waals surface area (Å²) in [6.07, 6.45) is 5.20. The van der Waals surface area contributed by atoms with Crippen molar-refractivity contribution < 1.29 is 0 Å². The molecular formula is C16H21N5. The third-order valence-corrected chi connectivity index (χ3v) is 3.87. The van der Waals surface area contributed by atoms with Crippen molar-refractivity contribution in [2.75, 3.05) is 12.3 Å². The molecule has 2 heterocycles. The average Bonchev–Trinajstić information content (AvgIpc) is 2.92. The fourth-order valence-electron chi connectivity index (χ4n) is 2.80. The number of rotatable bonds is 5. The zero-order valence-corrected chi connectivity index (χ0v) is 12.3. The Balaban J connectivity index is 2.22. The van der Waals surface area contributed by atoms with Crippen molar-refractivity contribution in [2.24, 2.45) is 5.73 Å². The van der Waals surface area contributed by atoms with E-state index < -0.39 is 0 Å². The lowest BCUT2D eigenvalue weighted by Gasteiger charge is -2.08. The minimum atomic E-state index is 0.504. The van der Waals surface area contributed by atoms with Gasteiger partial charge >= 0.3 is 0 Å². The Kier molecular flexibility index (Phi) is 3.75. The molecule has 0 spiro atoms. The second-order valence-corrected chi connectivity index (χ2v) is 5.30. The molecule has 5 heteroatoms. The largest absolute Gasteiger partial charge is 0.382 e. The normalized spacial score (nSPS) is 11.5. The van der Waals surface area contributed by atoms with Gasteiger partial charge in [0.15, 0.2) is 5.82 Å². The number of aromatic nitrogens is 3. The lowest BCUT2D eigenvalue weighted by molar-refractivity contribution is 0.668. The van der Waals surface area contributed by atoms with E-state index in [9.17, 15) is 0 Å². The molecule has 0 fully saturated rings. The molecule has 1 aromatic carbocycles. The minimum absolute atomic E-state index is 0.504. The fraction of sp³-hybridized carbons (Fsp3) is 0.375. The van der Waals surface area contributed by atoms with Gasteiger partial charge in [-0.25, -0.2) is 4.98 Å². The van der Waals surface area contributed by atoms with Crippen LogP contribution < -0.4 is 11.5 Å². The molecule has 0 aliphatic heterocycles. The summed E-state index contributed by atoms with van der Waals surface area (Å²) >= 11 is 0. The van der Waals surface area contributed by atoms with Gasteiger partial charge < -0.3 is 11.5 Å². The Morgan fingerprint density at radius 3 is 2.86 bits per heavy atom. The molecule has 3 aromatic rings. The van der Waals surface area contributed by atoms with Crippen molar-refractivity contribution in [3.63, 3.8) is 0 Å². The highest BCUT2D eigenvalue weighted by Crippen LogP contribution is 2.30. The molecule has 0 saturated heterocycles. The number of anilines is 1. The molecule has 110 valence electrons. The second kappa shape index (κ2) is 5.69. The molecule has 0 unspecified atom stereocenters. The maximum atomic E-state index is 6.06. The zero-order valence-electron chi connectivity index (χ0n) is 12.3. The van der Waals surface area contributed by atoms with Crippen molar-refractivity contribution in [3.05, 3.63) is 30.0 Å². The van der Waals surface area contributed by atoms with Gasteiger partial charge in [-0.05, 0) is 44.4 Å². The standard InChI is InChI=1S/C16H21N5/c1-2-21-10-12-14-11(6-3-4-9-17)7-5-8-13(14)19-16(18)15(12)20-21/h5,7-8,10H,2-4,6,9,17H2,1H3,(H2,18,19). The number of nitrogens with two attached hydrogens (primary N) is 2. The van der Waals surface area contributed by atoms with Gasteiger partial charge in [0.05, 0.1) is 5.52 Å². The summed E-state index contributed by atoms with van der Waals surface area (Å²) in [7, 11) is 0. The summed E-state index contributed by atoms with van der Waals surface area (Å²) in [5, 5.41) is 6.81. The van der Waals surface area contributed by atoms with Crippen LogP contribution in [-0.4, -0.2) is 21.3 Å². The maximum Gasteiger partial charge on any atom is 0.152 e. The molecule has 5 nitrogen and oxygen atoms in total. The zero-order chi connectivity index (χ0) is 14.8. The van der Waals surface area contributed by atoms with Crippen LogP contribution in [0.5, 0.6) is 0 Å². The van der Waals surface area contributed by atoms with Crippen LogP contribution in [-0.2, 0) is 13.0 Å². The Bertz CT molecular complexity index is 775. The van der Waals surface area contributed by atoms with Gasteiger partial charge in [0.25, 0.3) is 0 Å². The smallest absolute Gasteiger partial charge is 0.152 e. The first kappa shape index (κ1) is 13.8. The number of benzene rings is 1. The van der Waals surface area contributed by atoms with E-state index in [2.05, 4.69) is 29.3 Å². The molecule has 4 N–H and O–H groups in total. The van der Waals surface area contributed by atoms with Gasteiger partial charge in [-0.2, -0.15) is 5.10 Å². The van der Waals surface area contributed by atoms with Gasteiger partial charge in [0.1, 0.15) is 5.52 Å². The summed E-state index contributed by atoms with van der Waals surface area (Å²) in [5.41, 5.74) is 14.7. The molecule has 0 radical (unpaired) electrons. The highest BCUT2D eigenvalue weighted by molar-refractivity contribution is 6.09. The van der Waals surface area contributed by atoms with Crippen LogP contribution in [0.15, 0.2) is 24.4 Å². The van der Waals surface area contributed by atoms with Gasteiger partial charge in [-0.3, -0.25) is 4.68 Å². The number of aryl methyl sites for hydroxylation is 2. The third kappa shape index (κ3) is 2.45. The van der Waals surface area contributed by atoms with Crippen LogP contribution in [0.4, 0.5) is 5.82 Å². The van der Waals surface area contributed by atoms with Crippen LogP contribution in [0.2, 0.25) is 0 Å². The van der Waals surface area contributed by atoms with E-state index >= 15 is 0 Å². The number of nitrogens with zero attached hydrogens (tertiary/aromatic N) is 3. The van der Waals surface area contributed by atoms with Crippen LogP contribution in [0.3, 0.4) is 0 Å². The summed E-state index contributed by atoms with van der Waals surface area (Å²) in [5.74, 6) is 0.504.